The molecule has 1 aromatic carbocycles. The maximum absolute atomic E-state index is 6.24. The number of benzene rings is 1. The molecule has 2 nitrogen and oxygen atoms in total. The Labute approximate surface area is 112 Å². The van der Waals surface area contributed by atoms with E-state index in [1.165, 1.54) is 22.3 Å². The lowest BCUT2D eigenvalue weighted by molar-refractivity contribution is 0.111. The summed E-state index contributed by atoms with van der Waals surface area (Å²) in [6, 6.07) is 4.37. The Balaban J connectivity index is 2.59. The number of rotatable bonds is 6. The summed E-state index contributed by atoms with van der Waals surface area (Å²) in [5.74, 6) is 0.684. The van der Waals surface area contributed by atoms with Gasteiger partial charge in [-0.05, 0) is 49.8 Å². The average Bonchev–Trinajstić information content (AvgIpc) is 2.22. The maximum atomic E-state index is 6.24. The van der Waals surface area contributed by atoms with Crippen LogP contribution in [0.25, 0.3) is 0 Å². The second kappa shape index (κ2) is 6.91. The molecule has 0 aromatic heterocycles. The van der Waals surface area contributed by atoms with Gasteiger partial charge in [0.15, 0.2) is 0 Å². The Morgan fingerprint density at radius 2 is 1.67 bits per heavy atom. The molecule has 0 bridgehead atoms. The standard InChI is InChI=1S/C16H27NO/c1-11(2)6-7-18-10-15(17)16-13(4)8-12(3)9-14(16)5/h8-9,11,15H,6-7,10,17H2,1-5H3. The minimum absolute atomic E-state index is 0.0160. The Hall–Kier alpha value is -0.860. The van der Waals surface area contributed by atoms with Crippen LogP contribution >= 0.6 is 0 Å². The molecule has 0 aliphatic carbocycles. The number of nitrogens with two attached hydrogens (primary N) is 1. The SMILES string of the molecule is Cc1cc(C)c(C(N)COCCC(C)C)c(C)c1. The maximum Gasteiger partial charge on any atom is 0.0659 e. The van der Waals surface area contributed by atoms with E-state index >= 15 is 0 Å². The van der Waals surface area contributed by atoms with Crippen molar-refractivity contribution in [3.05, 3.63) is 34.4 Å². The van der Waals surface area contributed by atoms with Crippen molar-refractivity contribution in [2.75, 3.05) is 13.2 Å². The molecule has 0 radical (unpaired) electrons. The van der Waals surface area contributed by atoms with Gasteiger partial charge in [0.1, 0.15) is 0 Å². The number of hydrogen-bond donors (Lipinski definition) is 1. The minimum atomic E-state index is -0.0160. The molecule has 1 rings (SSSR count). The Bertz CT molecular complexity index is 362. The molecule has 0 heterocycles. The fourth-order valence-electron chi connectivity index (χ4n) is 2.39. The first-order chi connectivity index (χ1) is 8.41. The third-order valence-electron chi connectivity index (χ3n) is 3.25. The molecule has 0 amide bonds. The molecule has 0 aliphatic rings. The van der Waals surface area contributed by atoms with Gasteiger partial charge in [0.2, 0.25) is 0 Å². The summed E-state index contributed by atoms with van der Waals surface area (Å²) in [6.07, 6.45) is 1.10. The zero-order valence-electron chi connectivity index (χ0n) is 12.4. The summed E-state index contributed by atoms with van der Waals surface area (Å²) in [7, 11) is 0. The second-order valence-electron chi connectivity index (χ2n) is 5.68. The van der Waals surface area contributed by atoms with E-state index in [1.807, 2.05) is 0 Å². The number of aryl methyl sites for hydroxylation is 3. The smallest absolute Gasteiger partial charge is 0.0659 e. The normalized spacial score (nSPS) is 13.1. The van der Waals surface area contributed by atoms with E-state index in [0.717, 1.165) is 13.0 Å². The van der Waals surface area contributed by atoms with Crippen molar-refractivity contribution in [3.8, 4) is 0 Å². The van der Waals surface area contributed by atoms with E-state index in [1.54, 1.807) is 0 Å². The van der Waals surface area contributed by atoms with Crippen molar-refractivity contribution in [1.82, 2.24) is 0 Å². The predicted molar refractivity (Wildman–Crippen MR) is 77.9 cm³/mol. The number of ether oxygens (including phenoxy) is 1. The Morgan fingerprint density at radius 1 is 1.11 bits per heavy atom. The van der Waals surface area contributed by atoms with E-state index in [0.29, 0.717) is 12.5 Å². The first-order valence-electron chi connectivity index (χ1n) is 6.83. The summed E-state index contributed by atoms with van der Waals surface area (Å²) >= 11 is 0. The van der Waals surface area contributed by atoms with Gasteiger partial charge < -0.3 is 10.5 Å². The first-order valence-corrected chi connectivity index (χ1v) is 6.83. The van der Waals surface area contributed by atoms with Crippen LogP contribution in [0.2, 0.25) is 0 Å². The summed E-state index contributed by atoms with van der Waals surface area (Å²) < 4.78 is 5.68. The van der Waals surface area contributed by atoms with Crippen LogP contribution < -0.4 is 5.73 Å². The average molecular weight is 249 g/mol. The number of hydrogen-bond acceptors (Lipinski definition) is 2. The van der Waals surface area contributed by atoms with Crippen LogP contribution in [0.1, 0.15) is 48.6 Å². The van der Waals surface area contributed by atoms with E-state index in [4.69, 9.17) is 10.5 Å². The van der Waals surface area contributed by atoms with E-state index in [2.05, 4.69) is 46.8 Å². The highest BCUT2D eigenvalue weighted by atomic mass is 16.5. The van der Waals surface area contributed by atoms with Gasteiger partial charge in [-0.25, -0.2) is 0 Å². The monoisotopic (exact) mass is 249 g/mol. The molecule has 0 spiro atoms. The van der Waals surface area contributed by atoms with Crippen LogP contribution in [0.4, 0.5) is 0 Å². The summed E-state index contributed by atoms with van der Waals surface area (Å²) in [5.41, 5.74) is 11.3. The largest absolute Gasteiger partial charge is 0.379 e. The van der Waals surface area contributed by atoms with Crippen molar-refractivity contribution >= 4 is 0 Å². The van der Waals surface area contributed by atoms with Crippen LogP contribution in [-0.4, -0.2) is 13.2 Å². The second-order valence-corrected chi connectivity index (χ2v) is 5.68. The lowest BCUT2D eigenvalue weighted by Gasteiger charge is -2.19. The van der Waals surface area contributed by atoms with Gasteiger partial charge in [0.05, 0.1) is 12.6 Å². The molecule has 1 aromatic rings. The van der Waals surface area contributed by atoms with Crippen LogP contribution in [0, 0.1) is 26.7 Å². The van der Waals surface area contributed by atoms with Gasteiger partial charge in [-0.15, -0.1) is 0 Å². The van der Waals surface area contributed by atoms with E-state index < -0.39 is 0 Å². The molecule has 1 unspecified atom stereocenters. The molecule has 0 saturated heterocycles. The molecule has 102 valence electrons. The highest BCUT2D eigenvalue weighted by Gasteiger charge is 2.12. The Kier molecular flexibility index (Phi) is 5.83. The van der Waals surface area contributed by atoms with Crippen molar-refractivity contribution in [3.63, 3.8) is 0 Å². The molecule has 18 heavy (non-hydrogen) atoms. The fourth-order valence-corrected chi connectivity index (χ4v) is 2.39. The lowest BCUT2D eigenvalue weighted by Crippen LogP contribution is -2.20. The van der Waals surface area contributed by atoms with Crippen LogP contribution in [0.5, 0.6) is 0 Å². The van der Waals surface area contributed by atoms with Gasteiger partial charge in [-0.3, -0.25) is 0 Å². The third-order valence-corrected chi connectivity index (χ3v) is 3.25. The quantitative estimate of drug-likeness (QED) is 0.781. The molecule has 1 atom stereocenters. The summed E-state index contributed by atoms with van der Waals surface area (Å²) in [4.78, 5) is 0. The topological polar surface area (TPSA) is 35.2 Å². The van der Waals surface area contributed by atoms with Gasteiger partial charge in [0, 0.05) is 6.61 Å². The van der Waals surface area contributed by atoms with Gasteiger partial charge in [-0.1, -0.05) is 31.5 Å². The highest BCUT2D eigenvalue weighted by Crippen LogP contribution is 2.22. The molecular formula is C16H27NO. The highest BCUT2D eigenvalue weighted by molar-refractivity contribution is 5.39. The zero-order valence-corrected chi connectivity index (χ0v) is 12.4. The van der Waals surface area contributed by atoms with Crippen molar-refractivity contribution in [2.24, 2.45) is 11.7 Å². The molecule has 0 fully saturated rings. The minimum Gasteiger partial charge on any atom is -0.379 e. The zero-order chi connectivity index (χ0) is 13.7. The lowest BCUT2D eigenvalue weighted by atomic mass is 9.95. The van der Waals surface area contributed by atoms with Gasteiger partial charge >= 0.3 is 0 Å². The molecule has 0 aliphatic heterocycles. The summed E-state index contributed by atoms with van der Waals surface area (Å²) in [6.45, 7) is 12.2. The van der Waals surface area contributed by atoms with Gasteiger partial charge in [-0.2, -0.15) is 0 Å². The van der Waals surface area contributed by atoms with Crippen molar-refractivity contribution < 1.29 is 4.74 Å². The van der Waals surface area contributed by atoms with Crippen molar-refractivity contribution in [2.45, 2.75) is 47.1 Å². The fraction of sp³-hybridized carbons (Fsp3) is 0.625. The first kappa shape index (κ1) is 15.2. The molecular weight excluding hydrogens is 222 g/mol. The molecule has 2 N–H and O–H groups in total. The van der Waals surface area contributed by atoms with E-state index in [9.17, 15) is 0 Å². The van der Waals surface area contributed by atoms with Crippen molar-refractivity contribution in [1.29, 1.82) is 0 Å². The van der Waals surface area contributed by atoms with Crippen LogP contribution in [0.15, 0.2) is 12.1 Å². The summed E-state index contributed by atoms with van der Waals surface area (Å²) in [5, 5.41) is 0. The van der Waals surface area contributed by atoms with E-state index in [-0.39, 0.29) is 6.04 Å². The van der Waals surface area contributed by atoms with Gasteiger partial charge in [0.25, 0.3) is 0 Å². The molecule has 0 saturated carbocycles. The third kappa shape index (κ3) is 4.43. The van der Waals surface area contributed by atoms with Crippen LogP contribution in [-0.2, 0) is 4.74 Å². The predicted octanol–water partition coefficient (Wildman–Crippen LogP) is 3.67. The molecule has 2 heteroatoms. The van der Waals surface area contributed by atoms with Crippen LogP contribution in [0.3, 0.4) is 0 Å². The Morgan fingerprint density at radius 3 is 2.17 bits per heavy atom.